The number of amides is 1. The lowest BCUT2D eigenvalue weighted by molar-refractivity contribution is -0.115. The SMILES string of the molecule is C=C(CO/C(=C/C)CC=CC)O/N=C(\C)C(=O)NCC1CCOC1. The van der Waals surface area contributed by atoms with Crippen molar-refractivity contribution < 1.29 is 19.1 Å². The zero-order valence-electron chi connectivity index (χ0n) is 14.8. The number of allylic oxidation sites excluding steroid dienone is 3. The number of carbonyl (C=O) groups excluding carboxylic acids is 1. The van der Waals surface area contributed by atoms with Gasteiger partial charge in [-0.25, -0.2) is 0 Å². The smallest absolute Gasteiger partial charge is 0.268 e. The molecule has 6 nitrogen and oxygen atoms in total. The maximum absolute atomic E-state index is 11.9. The average molecular weight is 336 g/mol. The van der Waals surface area contributed by atoms with Crippen molar-refractivity contribution in [3.05, 3.63) is 36.3 Å². The molecule has 1 fully saturated rings. The van der Waals surface area contributed by atoms with Gasteiger partial charge in [0.05, 0.1) is 12.4 Å². The van der Waals surface area contributed by atoms with E-state index < -0.39 is 0 Å². The zero-order chi connectivity index (χ0) is 17.8. The molecule has 0 bridgehead atoms. The molecule has 1 saturated heterocycles. The quantitative estimate of drug-likeness (QED) is 0.288. The largest absolute Gasteiger partial charge is 0.490 e. The normalized spacial score (nSPS) is 18.7. The number of hydrogen-bond donors (Lipinski definition) is 1. The standard InChI is InChI=1S/C18H28N2O4/c1-5-7-8-17(6-2)23-12-14(3)24-20-15(4)18(21)19-11-16-9-10-22-13-16/h5-7,16H,3,8-13H2,1-2,4H3,(H,19,21)/b7-5?,17-6+,20-15+. The topological polar surface area (TPSA) is 69.2 Å². The molecule has 1 aliphatic heterocycles. The van der Waals surface area contributed by atoms with Crippen LogP contribution in [0.2, 0.25) is 0 Å². The molecule has 0 aromatic heterocycles. The van der Waals surface area contributed by atoms with Crippen molar-refractivity contribution in [2.24, 2.45) is 11.1 Å². The molecule has 1 N–H and O–H groups in total. The van der Waals surface area contributed by atoms with Crippen molar-refractivity contribution in [1.29, 1.82) is 0 Å². The summed E-state index contributed by atoms with van der Waals surface area (Å²) in [6.45, 7) is 11.4. The van der Waals surface area contributed by atoms with Gasteiger partial charge in [-0.2, -0.15) is 0 Å². The summed E-state index contributed by atoms with van der Waals surface area (Å²) in [6.07, 6.45) is 7.54. The van der Waals surface area contributed by atoms with Gasteiger partial charge < -0.3 is 19.6 Å². The Balaban J connectivity index is 2.29. The first kappa shape index (κ1) is 20.0. The Bertz CT molecular complexity index is 503. The van der Waals surface area contributed by atoms with E-state index in [4.69, 9.17) is 14.3 Å². The molecule has 0 aromatic rings. The summed E-state index contributed by atoms with van der Waals surface area (Å²) in [7, 11) is 0. The minimum Gasteiger partial charge on any atom is -0.490 e. The monoisotopic (exact) mass is 336 g/mol. The predicted molar refractivity (Wildman–Crippen MR) is 94.4 cm³/mol. The summed E-state index contributed by atoms with van der Waals surface area (Å²) in [5.74, 6) is 1.29. The summed E-state index contributed by atoms with van der Waals surface area (Å²) in [4.78, 5) is 17.0. The highest BCUT2D eigenvalue weighted by atomic mass is 16.6. The molecule has 1 unspecified atom stereocenters. The highest BCUT2D eigenvalue weighted by Gasteiger charge is 2.17. The van der Waals surface area contributed by atoms with Gasteiger partial charge >= 0.3 is 0 Å². The Morgan fingerprint density at radius 3 is 2.88 bits per heavy atom. The second-order valence-corrected chi connectivity index (χ2v) is 5.56. The molecule has 134 valence electrons. The number of ether oxygens (including phenoxy) is 2. The van der Waals surface area contributed by atoms with Gasteiger partial charge in [0.15, 0.2) is 5.76 Å². The van der Waals surface area contributed by atoms with Crippen LogP contribution in [0.3, 0.4) is 0 Å². The molecule has 1 heterocycles. The van der Waals surface area contributed by atoms with Gasteiger partial charge in [0.2, 0.25) is 0 Å². The van der Waals surface area contributed by atoms with Crippen LogP contribution < -0.4 is 5.32 Å². The summed E-state index contributed by atoms with van der Waals surface area (Å²) in [5, 5.41) is 6.62. The van der Waals surface area contributed by atoms with E-state index in [1.807, 2.05) is 32.1 Å². The van der Waals surface area contributed by atoms with Gasteiger partial charge in [0, 0.05) is 25.5 Å². The first-order chi connectivity index (χ1) is 11.6. The number of carbonyl (C=O) groups is 1. The molecule has 0 radical (unpaired) electrons. The Morgan fingerprint density at radius 1 is 1.46 bits per heavy atom. The van der Waals surface area contributed by atoms with Crippen LogP contribution in [0.15, 0.2) is 41.5 Å². The van der Waals surface area contributed by atoms with Gasteiger partial charge in [-0.05, 0) is 33.3 Å². The first-order valence-electron chi connectivity index (χ1n) is 8.21. The third-order valence-electron chi connectivity index (χ3n) is 3.51. The lowest BCUT2D eigenvalue weighted by Crippen LogP contribution is -2.33. The summed E-state index contributed by atoms with van der Waals surface area (Å²) in [6, 6.07) is 0. The second-order valence-electron chi connectivity index (χ2n) is 5.56. The van der Waals surface area contributed by atoms with E-state index in [0.717, 1.165) is 25.2 Å². The molecule has 6 heteroatoms. The lowest BCUT2D eigenvalue weighted by Gasteiger charge is -2.10. The zero-order valence-corrected chi connectivity index (χ0v) is 14.8. The first-order valence-corrected chi connectivity index (χ1v) is 8.21. The Hall–Kier alpha value is -2.08. The molecule has 0 aromatic carbocycles. The average Bonchev–Trinajstić information content (AvgIpc) is 3.11. The van der Waals surface area contributed by atoms with Crippen LogP contribution in [-0.4, -0.2) is 38.0 Å². The van der Waals surface area contributed by atoms with Crippen molar-refractivity contribution in [2.45, 2.75) is 33.6 Å². The fourth-order valence-electron chi connectivity index (χ4n) is 1.98. The second kappa shape index (κ2) is 11.5. The molecule has 0 aliphatic carbocycles. The van der Waals surface area contributed by atoms with Crippen LogP contribution in [0.1, 0.15) is 33.6 Å². The molecule has 1 rings (SSSR count). The molecule has 1 atom stereocenters. The van der Waals surface area contributed by atoms with Crippen molar-refractivity contribution >= 4 is 11.6 Å². The predicted octanol–water partition coefficient (Wildman–Crippen LogP) is 2.93. The van der Waals surface area contributed by atoms with Gasteiger partial charge in [0.25, 0.3) is 5.91 Å². The molecule has 0 spiro atoms. The van der Waals surface area contributed by atoms with E-state index in [9.17, 15) is 4.79 Å². The maximum atomic E-state index is 11.9. The molecule has 24 heavy (non-hydrogen) atoms. The Morgan fingerprint density at radius 2 is 2.25 bits per heavy atom. The number of rotatable bonds is 10. The minimum absolute atomic E-state index is 0.190. The number of nitrogens with one attached hydrogen (secondary N) is 1. The van der Waals surface area contributed by atoms with Crippen LogP contribution in [0.25, 0.3) is 0 Å². The number of hydrogen-bond acceptors (Lipinski definition) is 5. The van der Waals surface area contributed by atoms with E-state index in [0.29, 0.717) is 24.8 Å². The number of oxime groups is 1. The van der Waals surface area contributed by atoms with Crippen LogP contribution in [0.5, 0.6) is 0 Å². The molecule has 1 aliphatic rings. The Kier molecular flexibility index (Phi) is 9.53. The van der Waals surface area contributed by atoms with E-state index >= 15 is 0 Å². The van der Waals surface area contributed by atoms with Gasteiger partial charge in [0.1, 0.15) is 12.3 Å². The van der Waals surface area contributed by atoms with E-state index in [1.54, 1.807) is 6.92 Å². The summed E-state index contributed by atoms with van der Waals surface area (Å²) < 4.78 is 10.8. The molecule has 0 saturated carbocycles. The minimum atomic E-state index is -0.252. The van der Waals surface area contributed by atoms with E-state index in [2.05, 4.69) is 17.1 Å². The fourth-order valence-corrected chi connectivity index (χ4v) is 1.98. The van der Waals surface area contributed by atoms with E-state index in [-0.39, 0.29) is 18.2 Å². The van der Waals surface area contributed by atoms with Crippen LogP contribution in [0, 0.1) is 5.92 Å². The van der Waals surface area contributed by atoms with Gasteiger partial charge in [-0.15, -0.1) is 0 Å². The molecular weight excluding hydrogens is 308 g/mol. The molecule has 1 amide bonds. The highest BCUT2D eigenvalue weighted by Crippen LogP contribution is 2.10. The van der Waals surface area contributed by atoms with Crippen LogP contribution >= 0.6 is 0 Å². The van der Waals surface area contributed by atoms with Gasteiger partial charge in [-0.3, -0.25) is 4.79 Å². The van der Waals surface area contributed by atoms with E-state index in [1.165, 1.54) is 0 Å². The summed E-state index contributed by atoms with van der Waals surface area (Å²) in [5.41, 5.74) is 0.246. The summed E-state index contributed by atoms with van der Waals surface area (Å²) >= 11 is 0. The number of nitrogens with zero attached hydrogens (tertiary/aromatic N) is 1. The Labute approximate surface area is 144 Å². The highest BCUT2D eigenvalue weighted by molar-refractivity contribution is 6.37. The van der Waals surface area contributed by atoms with Crippen LogP contribution in [0.4, 0.5) is 0 Å². The fraction of sp³-hybridized carbons (Fsp3) is 0.556. The third kappa shape index (κ3) is 7.97. The van der Waals surface area contributed by atoms with Crippen molar-refractivity contribution in [3.8, 4) is 0 Å². The van der Waals surface area contributed by atoms with Crippen LogP contribution in [-0.2, 0) is 19.1 Å². The molecular formula is C18H28N2O4. The maximum Gasteiger partial charge on any atom is 0.268 e. The third-order valence-corrected chi connectivity index (χ3v) is 3.51. The van der Waals surface area contributed by atoms with Crippen molar-refractivity contribution in [1.82, 2.24) is 5.32 Å². The van der Waals surface area contributed by atoms with Gasteiger partial charge in [-0.1, -0.05) is 23.9 Å². The van der Waals surface area contributed by atoms with Crippen molar-refractivity contribution in [2.75, 3.05) is 26.4 Å². The van der Waals surface area contributed by atoms with Crippen molar-refractivity contribution in [3.63, 3.8) is 0 Å². The lowest BCUT2D eigenvalue weighted by atomic mass is 10.1.